The minimum atomic E-state index is -0.536. The van der Waals surface area contributed by atoms with Crippen molar-refractivity contribution in [2.24, 2.45) is 0 Å². The van der Waals surface area contributed by atoms with Crippen LogP contribution < -0.4 is 5.32 Å². The number of carbonyl (C=O) groups is 2. The third-order valence-electron chi connectivity index (χ3n) is 4.48. The van der Waals surface area contributed by atoms with Crippen molar-refractivity contribution >= 4 is 29.1 Å². The Hall–Kier alpha value is -2.45. The van der Waals surface area contributed by atoms with Crippen molar-refractivity contribution in [2.75, 3.05) is 32.6 Å². The van der Waals surface area contributed by atoms with Crippen molar-refractivity contribution < 1.29 is 19.4 Å². The van der Waals surface area contributed by atoms with E-state index in [1.165, 1.54) is 0 Å². The van der Waals surface area contributed by atoms with Gasteiger partial charge in [-0.1, -0.05) is 0 Å². The number of aromatic nitrogens is 2. The number of anilines is 1. The second-order valence-electron chi connectivity index (χ2n) is 7.75. The molecule has 0 aromatic carbocycles. The molecule has 3 rings (SSSR count). The van der Waals surface area contributed by atoms with Gasteiger partial charge in [-0.05, 0) is 53.3 Å². The molecule has 1 atom stereocenters. The van der Waals surface area contributed by atoms with Crippen LogP contribution in [0.15, 0.2) is 18.3 Å². The van der Waals surface area contributed by atoms with Gasteiger partial charge in [-0.15, -0.1) is 0 Å². The number of carbonyl (C=O) groups excluding carboxylic acids is 2. The monoisotopic (exact) mass is 390 g/mol. The quantitative estimate of drug-likeness (QED) is 0.778. The summed E-state index contributed by atoms with van der Waals surface area (Å²) < 4.78 is 7.38. The first-order valence-corrected chi connectivity index (χ1v) is 9.39. The van der Waals surface area contributed by atoms with Gasteiger partial charge in [0.25, 0.3) is 0 Å². The summed E-state index contributed by atoms with van der Waals surface area (Å²) in [6.07, 6.45) is 4.08. The molecule has 154 valence electrons. The van der Waals surface area contributed by atoms with Gasteiger partial charge in [-0.2, -0.15) is 0 Å². The summed E-state index contributed by atoms with van der Waals surface area (Å²) in [5.41, 5.74) is 1.28. The number of aliphatic hydroxyl groups is 1. The predicted octanol–water partition coefficient (Wildman–Crippen LogP) is 2.81. The largest absolute Gasteiger partial charge is 0.443 e. The zero-order chi connectivity index (χ0) is 20.9. The highest BCUT2D eigenvalue weighted by Gasteiger charge is 2.30. The van der Waals surface area contributed by atoms with Gasteiger partial charge in [0, 0.05) is 30.4 Å². The maximum atomic E-state index is 12.9. The number of aliphatic hydroxyl groups excluding tert-OH is 1. The lowest BCUT2D eigenvalue weighted by molar-refractivity contribution is -0.110. The number of likely N-dealkylation sites (tertiary alicyclic amines) is 1. The lowest BCUT2D eigenvalue weighted by atomic mass is 10.1. The zero-order valence-corrected chi connectivity index (χ0v) is 17.2. The van der Waals surface area contributed by atoms with Crippen molar-refractivity contribution in [3.8, 4) is 0 Å². The third kappa shape index (κ3) is 5.08. The Labute approximate surface area is 165 Å². The molecule has 8 nitrogen and oxygen atoms in total. The van der Waals surface area contributed by atoms with Gasteiger partial charge in [0.1, 0.15) is 17.7 Å². The van der Waals surface area contributed by atoms with Gasteiger partial charge in [0.2, 0.25) is 0 Å². The van der Waals surface area contributed by atoms with Crippen LogP contribution >= 0.6 is 0 Å². The summed E-state index contributed by atoms with van der Waals surface area (Å²) in [6.45, 7) is 6.34. The first-order chi connectivity index (χ1) is 13.2. The van der Waals surface area contributed by atoms with E-state index in [0.717, 1.165) is 41.8 Å². The molecule has 0 saturated carbocycles. The van der Waals surface area contributed by atoms with E-state index in [0.29, 0.717) is 6.29 Å². The molecule has 2 aromatic heterocycles. The maximum absolute atomic E-state index is 12.9. The summed E-state index contributed by atoms with van der Waals surface area (Å²) in [4.78, 5) is 28.5. The van der Waals surface area contributed by atoms with E-state index in [2.05, 4.69) is 28.3 Å². The molecule has 1 unspecified atom stereocenters. The molecule has 2 aromatic rings. The molecule has 1 fully saturated rings. The van der Waals surface area contributed by atoms with Crippen LogP contribution in [0.1, 0.15) is 45.3 Å². The molecule has 1 aliphatic rings. The van der Waals surface area contributed by atoms with Crippen molar-refractivity contribution in [1.29, 1.82) is 0 Å². The molecule has 3 heterocycles. The number of hydrogen-bond donors (Lipinski definition) is 2. The molecule has 8 heteroatoms. The zero-order valence-electron chi connectivity index (χ0n) is 17.2. The van der Waals surface area contributed by atoms with Gasteiger partial charge >= 0.3 is 6.09 Å². The molecule has 1 aliphatic heterocycles. The molecule has 0 spiro atoms. The lowest BCUT2D eigenvalue weighted by Gasteiger charge is -2.24. The number of fused-ring (bicyclic) bond motifs is 1. The van der Waals surface area contributed by atoms with Gasteiger partial charge in [-0.25, -0.2) is 14.3 Å². The average molecular weight is 390 g/mol. The second kappa shape index (κ2) is 9.16. The topological polar surface area (TPSA) is 96.7 Å². The van der Waals surface area contributed by atoms with Crippen LogP contribution in [0.2, 0.25) is 0 Å². The number of ether oxygens (including phenoxy) is 1. The van der Waals surface area contributed by atoms with E-state index in [-0.39, 0.29) is 18.7 Å². The Morgan fingerprint density at radius 2 is 2.11 bits per heavy atom. The lowest BCUT2D eigenvalue weighted by Crippen LogP contribution is -2.30. The Kier molecular flexibility index (Phi) is 7.15. The molecule has 0 bridgehead atoms. The number of nitrogens with one attached hydrogen (secondary N) is 1. The fourth-order valence-corrected chi connectivity index (χ4v) is 3.30. The van der Waals surface area contributed by atoms with Crippen LogP contribution in [0, 0.1) is 0 Å². The van der Waals surface area contributed by atoms with E-state index < -0.39 is 5.60 Å². The Morgan fingerprint density at radius 1 is 1.43 bits per heavy atom. The summed E-state index contributed by atoms with van der Waals surface area (Å²) in [5, 5.41) is 11.5. The van der Waals surface area contributed by atoms with Crippen molar-refractivity contribution in [3.63, 3.8) is 0 Å². The molecule has 2 N–H and O–H groups in total. The normalized spacial score (nSPS) is 17.1. The Bertz CT molecular complexity index is 825. The highest BCUT2D eigenvalue weighted by Crippen LogP contribution is 2.35. The maximum Gasteiger partial charge on any atom is 0.419 e. The minimum Gasteiger partial charge on any atom is -0.443 e. The van der Waals surface area contributed by atoms with Crippen molar-refractivity contribution in [2.45, 2.75) is 45.3 Å². The number of hydrogen-bond acceptors (Lipinski definition) is 7. The third-order valence-corrected chi connectivity index (χ3v) is 4.48. The van der Waals surface area contributed by atoms with Gasteiger partial charge in [0.15, 0.2) is 0 Å². The first kappa shape index (κ1) is 21.8. The summed E-state index contributed by atoms with van der Waals surface area (Å²) in [7, 11) is 3.92. The molecule has 1 saturated heterocycles. The van der Waals surface area contributed by atoms with Crippen LogP contribution in [-0.4, -0.2) is 64.8 Å². The van der Waals surface area contributed by atoms with Crippen molar-refractivity contribution in [1.82, 2.24) is 14.5 Å². The molecular formula is C20H30N4O4. The highest BCUT2D eigenvalue weighted by atomic mass is 16.6. The predicted molar refractivity (Wildman–Crippen MR) is 109 cm³/mol. The molecule has 0 aliphatic carbocycles. The van der Waals surface area contributed by atoms with Gasteiger partial charge in [-0.3, -0.25) is 4.90 Å². The standard InChI is InChI=1S/C18H26N4O2.C2H4O2/c1-18(2,3)24-17(23)22-14-10-16(19-4)20-11-12(14)9-15(22)13-7-6-8-21(13)5;3-1-2-4/h9-11,13H,6-8H2,1-5H3,(H,19,20);1,4H,2H2. The SMILES string of the molecule is CNc1cc2c(cn1)cc(C1CCCN1C)n2C(=O)OC(C)(C)C.O=CCO. The molecule has 0 amide bonds. The van der Waals surface area contributed by atoms with Gasteiger partial charge in [0.05, 0.1) is 18.2 Å². The highest BCUT2D eigenvalue weighted by molar-refractivity contribution is 5.92. The van der Waals surface area contributed by atoms with E-state index in [4.69, 9.17) is 14.6 Å². The second-order valence-corrected chi connectivity index (χ2v) is 7.75. The van der Waals surface area contributed by atoms with Crippen LogP contribution in [0.3, 0.4) is 0 Å². The molecule has 28 heavy (non-hydrogen) atoms. The first-order valence-electron chi connectivity index (χ1n) is 9.39. The summed E-state index contributed by atoms with van der Waals surface area (Å²) in [6, 6.07) is 4.19. The summed E-state index contributed by atoms with van der Waals surface area (Å²) >= 11 is 0. The Morgan fingerprint density at radius 3 is 2.61 bits per heavy atom. The fraction of sp³-hybridized carbons (Fsp3) is 0.550. The smallest absolute Gasteiger partial charge is 0.419 e. The van der Waals surface area contributed by atoms with Crippen LogP contribution in [0.25, 0.3) is 10.9 Å². The van der Waals surface area contributed by atoms with Crippen LogP contribution in [0.4, 0.5) is 10.6 Å². The van der Waals surface area contributed by atoms with Gasteiger partial charge < -0.3 is 20.0 Å². The fourth-order valence-electron chi connectivity index (χ4n) is 3.30. The minimum absolute atomic E-state index is 0.225. The number of rotatable bonds is 3. The van der Waals surface area contributed by atoms with E-state index >= 15 is 0 Å². The van der Waals surface area contributed by atoms with E-state index in [9.17, 15) is 4.79 Å². The Balaban J connectivity index is 0.000000640. The summed E-state index contributed by atoms with van der Waals surface area (Å²) in [5.74, 6) is 0.733. The van der Waals surface area contributed by atoms with Crippen molar-refractivity contribution in [3.05, 3.63) is 24.0 Å². The average Bonchev–Trinajstić information content (AvgIpc) is 3.22. The molecule has 0 radical (unpaired) electrons. The van der Waals surface area contributed by atoms with E-state index in [1.807, 2.05) is 33.9 Å². The van der Waals surface area contributed by atoms with Crippen LogP contribution in [0.5, 0.6) is 0 Å². The van der Waals surface area contributed by atoms with E-state index in [1.54, 1.807) is 10.8 Å². The number of pyridine rings is 1. The molecular weight excluding hydrogens is 360 g/mol. The number of nitrogens with zero attached hydrogens (tertiary/aromatic N) is 3. The number of aldehydes is 1. The van der Waals surface area contributed by atoms with Crippen LogP contribution in [-0.2, 0) is 9.53 Å².